The van der Waals surface area contributed by atoms with Crippen molar-refractivity contribution in [1.82, 2.24) is 4.98 Å². The number of hydrogen-bond donors (Lipinski definition) is 1. The van der Waals surface area contributed by atoms with Crippen molar-refractivity contribution >= 4 is 27.9 Å². The van der Waals surface area contributed by atoms with E-state index >= 15 is 0 Å². The van der Waals surface area contributed by atoms with Crippen LogP contribution in [0.15, 0.2) is 102 Å². The molecule has 5 aromatic rings. The summed E-state index contributed by atoms with van der Waals surface area (Å²) >= 11 is 1.47. The molecule has 0 fully saturated rings. The SMILES string of the molecule is C/C(=N/Nc1nc(-c2ccc(C)cc2C)c(-c2ccc([N+](=O)[O-])cc2)s1)c1ccc(-c2ccccc2)cc1. The van der Waals surface area contributed by atoms with Crippen LogP contribution in [0.1, 0.15) is 23.6 Å². The summed E-state index contributed by atoms with van der Waals surface area (Å²) in [4.78, 5) is 16.6. The maximum absolute atomic E-state index is 11.1. The standard InChI is InChI=1S/C31H26N4O2S/c1-20-9-18-28(21(2)19-20)29-30(26-14-16-27(17-15-26)35(36)37)38-31(32-29)34-33-22(3)23-10-12-25(13-11-23)24-7-5-4-6-8-24/h4-19H,1-3H3,(H,32,34)/b33-22-. The molecule has 0 aliphatic rings. The summed E-state index contributed by atoms with van der Waals surface area (Å²) in [6.45, 7) is 6.09. The maximum atomic E-state index is 11.1. The zero-order valence-electron chi connectivity index (χ0n) is 21.3. The van der Waals surface area contributed by atoms with E-state index in [1.807, 2.05) is 25.1 Å². The Bertz CT molecular complexity index is 1620. The third kappa shape index (κ3) is 5.38. The molecule has 0 unspecified atom stereocenters. The summed E-state index contributed by atoms with van der Waals surface area (Å²) in [5, 5.41) is 16.4. The lowest BCUT2D eigenvalue weighted by Crippen LogP contribution is -1.99. The van der Waals surface area contributed by atoms with Crippen LogP contribution in [0.4, 0.5) is 10.8 Å². The molecule has 0 spiro atoms. The fraction of sp³-hybridized carbons (Fsp3) is 0.0968. The van der Waals surface area contributed by atoms with Crippen molar-refractivity contribution in [3.63, 3.8) is 0 Å². The first-order valence-corrected chi connectivity index (χ1v) is 13.0. The molecule has 0 bridgehead atoms. The molecule has 1 heterocycles. The van der Waals surface area contributed by atoms with Gasteiger partial charge in [0, 0.05) is 17.7 Å². The molecule has 7 heteroatoms. The highest BCUT2D eigenvalue weighted by molar-refractivity contribution is 7.19. The van der Waals surface area contributed by atoms with E-state index in [1.165, 1.54) is 34.6 Å². The number of aryl methyl sites for hydroxylation is 2. The second kappa shape index (κ2) is 10.8. The highest BCUT2D eigenvalue weighted by Crippen LogP contribution is 2.40. The minimum Gasteiger partial charge on any atom is -0.258 e. The van der Waals surface area contributed by atoms with Crippen LogP contribution >= 0.6 is 11.3 Å². The summed E-state index contributed by atoms with van der Waals surface area (Å²) in [7, 11) is 0. The molecule has 6 nitrogen and oxygen atoms in total. The smallest absolute Gasteiger partial charge is 0.258 e. The van der Waals surface area contributed by atoms with Gasteiger partial charge in [0.25, 0.3) is 5.69 Å². The minimum absolute atomic E-state index is 0.0585. The van der Waals surface area contributed by atoms with E-state index in [9.17, 15) is 10.1 Å². The van der Waals surface area contributed by atoms with E-state index in [1.54, 1.807) is 12.1 Å². The predicted molar refractivity (Wildman–Crippen MR) is 157 cm³/mol. The average molecular weight is 519 g/mol. The van der Waals surface area contributed by atoms with E-state index in [2.05, 4.69) is 79.0 Å². The summed E-state index contributed by atoms with van der Waals surface area (Å²) in [6, 6.07) is 31.4. The predicted octanol–water partition coefficient (Wildman–Crippen LogP) is 8.51. The molecule has 0 aliphatic heterocycles. The molecule has 0 radical (unpaired) electrons. The Morgan fingerprint density at radius 1 is 0.868 bits per heavy atom. The fourth-order valence-corrected chi connectivity index (χ4v) is 5.22. The summed E-state index contributed by atoms with van der Waals surface area (Å²) < 4.78 is 0. The molecular formula is C31H26N4O2S. The van der Waals surface area contributed by atoms with Crippen molar-refractivity contribution in [2.45, 2.75) is 20.8 Å². The van der Waals surface area contributed by atoms with Crippen molar-refractivity contribution in [2.75, 3.05) is 5.43 Å². The first-order chi connectivity index (χ1) is 18.4. The molecule has 1 N–H and O–H groups in total. The normalized spacial score (nSPS) is 11.4. The Hall–Kier alpha value is -4.62. The van der Waals surface area contributed by atoms with Crippen molar-refractivity contribution in [2.24, 2.45) is 5.10 Å². The average Bonchev–Trinajstić information content (AvgIpc) is 3.36. The number of hydrazone groups is 1. The topological polar surface area (TPSA) is 80.4 Å². The number of nitro groups is 1. The van der Waals surface area contributed by atoms with Crippen LogP contribution in [0.2, 0.25) is 0 Å². The van der Waals surface area contributed by atoms with E-state index < -0.39 is 4.92 Å². The number of nitrogens with zero attached hydrogens (tertiary/aromatic N) is 3. The number of aromatic nitrogens is 1. The molecule has 0 saturated heterocycles. The number of nitro benzene ring substituents is 1. The lowest BCUT2D eigenvalue weighted by atomic mass is 10.0. The van der Waals surface area contributed by atoms with Gasteiger partial charge in [-0.3, -0.25) is 15.5 Å². The van der Waals surface area contributed by atoms with Crippen molar-refractivity contribution < 1.29 is 4.92 Å². The zero-order valence-corrected chi connectivity index (χ0v) is 22.1. The van der Waals surface area contributed by atoms with E-state index in [4.69, 9.17) is 4.98 Å². The molecule has 0 aliphatic carbocycles. The molecule has 1 aromatic heterocycles. The lowest BCUT2D eigenvalue weighted by Gasteiger charge is -2.07. The Morgan fingerprint density at radius 3 is 2.18 bits per heavy atom. The number of anilines is 1. The Morgan fingerprint density at radius 2 is 1.53 bits per heavy atom. The van der Waals surface area contributed by atoms with Gasteiger partial charge in [0.15, 0.2) is 0 Å². The Kier molecular flexibility index (Phi) is 7.11. The van der Waals surface area contributed by atoms with Gasteiger partial charge >= 0.3 is 0 Å². The molecular weight excluding hydrogens is 492 g/mol. The number of rotatable bonds is 7. The fourth-order valence-electron chi connectivity index (χ4n) is 4.29. The van der Waals surface area contributed by atoms with Crippen LogP contribution in [0.25, 0.3) is 32.8 Å². The number of non-ortho nitro benzene ring substituents is 1. The summed E-state index contributed by atoms with van der Waals surface area (Å²) in [5.74, 6) is 0. The van der Waals surface area contributed by atoms with Gasteiger partial charge in [0.1, 0.15) is 0 Å². The zero-order chi connectivity index (χ0) is 26.6. The molecule has 5 rings (SSSR count). The third-order valence-corrected chi connectivity index (χ3v) is 7.34. The van der Waals surface area contributed by atoms with Gasteiger partial charge < -0.3 is 0 Å². The Labute approximate surface area is 225 Å². The first-order valence-electron chi connectivity index (χ1n) is 12.2. The summed E-state index contributed by atoms with van der Waals surface area (Å²) in [5.41, 5.74) is 12.4. The van der Waals surface area contributed by atoms with Gasteiger partial charge in [-0.1, -0.05) is 89.7 Å². The molecule has 188 valence electrons. The van der Waals surface area contributed by atoms with Crippen molar-refractivity contribution in [3.8, 4) is 32.8 Å². The highest BCUT2D eigenvalue weighted by atomic mass is 32.1. The van der Waals surface area contributed by atoms with Crippen LogP contribution < -0.4 is 5.43 Å². The van der Waals surface area contributed by atoms with Crippen LogP contribution in [0, 0.1) is 24.0 Å². The second-order valence-electron chi connectivity index (χ2n) is 9.07. The molecule has 0 saturated carbocycles. The monoisotopic (exact) mass is 518 g/mol. The van der Waals surface area contributed by atoms with Crippen molar-refractivity contribution in [1.29, 1.82) is 0 Å². The largest absolute Gasteiger partial charge is 0.269 e. The van der Waals surface area contributed by atoms with Crippen LogP contribution in [0.3, 0.4) is 0 Å². The van der Waals surface area contributed by atoms with Gasteiger partial charge in [0.2, 0.25) is 5.13 Å². The molecule has 0 amide bonds. The summed E-state index contributed by atoms with van der Waals surface area (Å²) in [6.07, 6.45) is 0. The molecule has 4 aromatic carbocycles. The van der Waals surface area contributed by atoms with Crippen molar-refractivity contribution in [3.05, 3.63) is 124 Å². The third-order valence-electron chi connectivity index (χ3n) is 6.33. The number of hydrogen-bond acceptors (Lipinski definition) is 6. The molecule has 38 heavy (non-hydrogen) atoms. The minimum atomic E-state index is -0.391. The van der Waals surface area contributed by atoms with E-state index in [0.717, 1.165) is 44.1 Å². The van der Waals surface area contributed by atoms with Crippen LogP contribution in [-0.4, -0.2) is 15.6 Å². The van der Waals surface area contributed by atoms with Gasteiger partial charge in [-0.2, -0.15) is 5.10 Å². The highest BCUT2D eigenvalue weighted by Gasteiger charge is 2.18. The van der Waals surface area contributed by atoms with Gasteiger partial charge in [0.05, 0.1) is 21.2 Å². The van der Waals surface area contributed by atoms with Gasteiger partial charge in [-0.05, 0) is 60.7 Å². The first kappa shape index (κ1) is 25.0. The number of thiazole rings is 1. The van der Waals surface area contributed by atoms with Gasteiger partial charge in [-0.25, -0.2) is 4.98 Å². The van der Waals surface area contributed by atoms with Crippen LogP contribution in [-0.2, 0) is 0 Å². The quantitative estimate of drug-likeness (QED) is 0.133. The second-order valence-corrected chi connectivity index (χ2v) is 10.1. The molecule has 0 atom stereocenters. The van der Waals surface area contributed by atoms with Gasteiger partial charge in [-0.15, -0.1) is 0 Å². The maximum Gasteiger partial charge on any atom is 0.269 e. The number of benzene rings is 4. The number of nitrogens with one attached hydrogen (secondary N) is 1. The van der Waals surface area contributed by atoms with E-state index in [-0.39, 0.29) is 5.69 Å². The Balaban J connectivity index is 1.45. The lowest BCUT2D eigenvalue weighted by molar-refractivity contribution is -0.384. The van der Waals surface area contributed by atoms with Crippen LogP contribution in [0.5, 0.6) is 0 Å². The van der Waals surface area contributed by atoms with E-state index in [0.29, 0.717) is 5.13 Å².